The number of aliphatic hydroxyl groups is 1. The summed E-state index contributed by atoms with van der Waals surface area (Å²) in [5.41, 5.74) is -0.229. The van der Waals surface area contributed by atoms with Gasteiger partial charge in [0.05, 0.1) is 6.42 Å². The van der Waals surface area contributed by atoms with E-state index in [4.69, 9.17) is 14.2 Å². The van der Waals surface area contributed by atoms with Crippen LogP contribution in [0.15, 0.2) is 34.6 Å². The van der Waals surface area contributed by atoms with E-state index in [9.17, 15) is 19.5 Å². The zero-order valence-corrected chi connectivity index (χ0v) is 19.1. The second kappa shape index (κ2) is 8.26. The topological polar surface area (TPSA) is 99.1 Å². The van der Waals surface area contributed by atoms with Crippen LogP contribution >= 0.6 is 0 Å². The summed E-state index contributed by atoms with van der Waals surface area (Å²) in [5, 5.41) is 11.5. The van der Waals surface area contributed by atoms with Crippen molar-refractivity contribution in [1.29, 1.82) is 0 Å². The number of carbonyl (C=O) groups is 3. The summed E-state index contributed by atoms with van der Waals surface area (Å²) in [6, 6.07) is 0. The van der Waals surface area contributed by atoms with Crippen LogP contribution in [0, 0.1) is 11.8 Å². The number of rotatable bonds is 2. The van der Waals surface area contributed by atoms with Crippen molar-refractivity contribution in [1.82, 2.24) is 0 Å². The van der Waals surface area contributed by atoms with Gasteiger partial charge in [-0.05, 0) is 57.1 Å². The maximum atomic E-state index is 12.4. The molecule has 1 aliphatic carbocycles. The molecule has 7 nitrogen and oxygen atoms in total. The van der Waals surface area contributed by atoms with Gasteiger partial charge in [-0.3, -0.25) is 9.59 Å². The predicted octanol–water partition coefficient (Wildman–Crippen LogP) is 3.51. The third-order valence-corrected chi connectivity index (χ3v) is 6.64. The highest BCUT2D eigenvalue weighted by Crippen LogP contribution is 2.46. The maximum Gasteiger partial charge on any atom is 0.331 e. The lowest BCUT2D eigenvalue weighted by Gasteiger charge is -2.42. The van der Waals surface area contributed by atoms with Gasteiger partial charge in [0.25, 0.3) is 0 Å². The molecular weight excluding hydrogens is 400 g/mol. The van der Waals surface area contributed by atoms with E-state index in [0.29, 0.717) is 30.4 Å². The molecule has 1 saturated heterocycles. The Kier molecular flexibility index (Phi) is 6.20. The molecule has 0 aromatic heterocycles. The van der Waals surface area contributed by atoms with E-state index >= 15 is 0 Å². The summed E-state index contributed by atoms with van der Waals surface area (Å²) in [6.07, 6.45) is 3.63. The van der Waals surface area contributed by atoms with Crippen LogP contribution in [-0.2, 0) is 28.6 Å². The number of carbonyl (C=O) groups excluding carboxylic acids is 3. The average Bonchev–Trinajstić information content (AvgIpc) is 2.96. The zero-order valence-electron chi connectivity index (χ0n) is 19.1. The SMILES string of the molecule is CC(=O)O[C@H]1/C(C)=C\C[C@@H]2C(C(C)C)=CC(=O)O[C@]2(C)CC/C(C)=C2/OC(=O)C[C@@]21O. The number of hydrogen-bond donors (Lipinski definition) is 1. The van der Waals surface area contributed by atoms with Gasteiger partial charge in [-0.2, -0.15) is 0 Å². The van der Waals surface area contributed by atoms with E-state index < -0.39 is 29.2 Å². The van der Waals surface area contributed by atoms with Crippen LogP contribution in [0.5, 0.6) is 0 Å². The van der Waals surface area contributed by atoms with E-state index in [1.807, 2.05) is 26.8 Å². The first-order valence-corrected chi connectivity index (χ1v) is 10.8. The highest BCUT2D eigenvalue weighted by atomic mass is 16.6. The lowest BCUT2D eigenvalue weighted by atomic mass is 9.72. The summed E-state index contributed by atoms with van der Waals surface area (Å²) in [4.78, 5) is 36.4. The fourth-order valence-corrected chi connectivity index (χ4v) is 5.00. The van der Waals surface area contributed by atoms with Crippen LogP contribution in [0.1, 0.15) is 67.2 Å². The van der Waals surface area contributed by atoms with Gasteiger partial charge in [0, 0.05) is 18.9 Å². The van der Waals surface area contributed by atoms with Gasteiger partial charge in [-0.15, -0.1) is 0 Å². The van der Waals surface area contributed by atoms with Gasteiger partial charge in [-0.25, -0.2) is 4.79 Å². The molecule has 0 aromatic carbocycles. The number of fused-ring (bicyclic) bond motifs is 2. The van der Waals surface area contributed by atoms with Crippen molar-refractivity contribution >= 4 is 17.9 Å². The van der Waals surface area contributed by atoms with Crippen molar-refractivity contribution in [3.63, 3.8) is 0 Å². The van der Waals surface area contributed by atoms with E-state index in [1.54, 1.807) is 19.9 Å². The first-order valence-electron chi connectivity index (χ1n) is 10.8. The highest BCUT2D eigenvalue weighted by molar-refractivity contribution is 5.84. The highest BCUT2D eigenvalue weighted by Gasteiger charge is 2.54. The molecule has 0 bridgehead atoms. The fraction of sp³-hybridized carbons (Fsp3) is 0.625. The first-order chi connectivity index (χ1) is 14.4. The molecule has 31 heavy (non-hydrogen) atoms. The third-order valence-electron chi connectivity index (χ3n) is 6.64. The Morgan fingerprint density at radius 1 is 1.29 bits per heavy atom. The van der Waals surface area contributed by atoms with Gasteiger partial charge in [0.2, 0.25) is 0 Å². The molecule has 3 rings (SSSR count). The van der Waals surface area contributed by atoms with Crippen LogP contribution in [0.25, 0.3) is 0 Å². The summed E-state index contributed by atoms with van der Waals surface area (Å²) >= 11 is 0. The molecule has 0 saturated carbocycles. The monoisotopic (exact) mass is 432 g/mol. The van der Waals surface area contributed by atoms with Crippen LogP contribution in [0.4, 0.5) is 0 Å². The molecule has 1 N–H and O–H groups in total. The van der Waals surface area contributed by atoms with Crippen molar-refractivity contribution in [2.45, 2.75) is 84.5 Å². The number of ether oxygens (including phenoxy) is 3. The maximum absolute atomic E-state index is 12.4. The summed E-state index contributed by atoms with van der Waals surface area (Å²) in [7, 11) is 0. The molecule has 0 aromatic rings. The standard InChI is InChI=1S/C24H32O7/c1-13(2)17-11-19(26)31-23(6)10-9-15(4)22-24(28,12-20(27)30-22)21(29-16(5)25)14(3)7-8-18(17)23/h7,11,13,18,21,28H,8-10,12H2,1-6H3/b14-7-,22-15+/t18-,21+,23-,24+/m1/s1. The number of hydrogen-bond acceptors (Lipinski definition) is 7. The Morgan fingerprint density at radius 3 is 2.58 bits per heavy atom. The largest absolute Gasteiger partial charge is 0.456 e. The van der Waals surface area contributed by atoms with E-state index in [1.165, 1.54) is 6.92 Å². The Hall–Kier alpha value is -2.41. The third kappa shape index (κ3) is 4.33. The normalized spacial score (nSPS) is 38.1. The van der Waals surface area contributed by atoms with Crippen LogP contribution in [-0.4, -0.2) is 40.3 Å². The number of esters is 3. The second-order valence-electron chi connectivity index (χ2n) is 9.44. The minimum absolute atomic E-state index is 0.0638. The molecule has 7 heteroatoms. The molecule has 0 amide bonds. The van der Waals surface area contributed by atoms with Crippen LogP contribution < -0.4 is 0 Å². The van der Waals surface area contributed by atoms with Crippen LogP contribution in [0.2, 0.25) is 0 Å². The molecule has 2 aliphatic heterocycles. The van der Waals surface area contributed by atoms with Crippen molar-refractivity contribution < 1.29 is 33.7 Å². The predicted molar refractivity (Wildman–Crippen MR) is 112 cm³/mol. The van der Waals surface area contributed by atoms with E-state index in [0.717, 1.165) is 5.57 Å². The quantitative estimate of drug-likeness (QED) is 0.405. The minimum atomic E-state index is -1.77. The van der Waals surface area contributed by atoms with Gasteiger partial charge in [0.1, 0.15) is 11.4 Å². The molecule has 0 spiro atoms. The van der Waals surface area contributed by atoms with Crippen molar-refractivity contribution in [2.24, 2.45) is 11.8 Å². The smallest absolute Gasteiger partial charge is 0.331 e. The molecule has 1 fully saturated rings. The molecule has 170 valence electrons. The molecule has 0 unspecified atom stereocenters. The lowest BCUT2D eigenvalue weighted by Crippen LogP contribution is -2.45. The zero-order chi connectivity index (χ0) is 23.1. The minimum Gasteiger partial charge on any atom is -0.456 e. The lowest BCUT2D eigenvalue weighted by molar-refractivity contribution is -0.160. The molecule has 4 atom stereocenters. The fourth-order valence-electron chi connectivity index (χ4n) is 5.00. The Morgan fingerprint density at radius 2 is 1.97 bits per heavy atom. The molecule has 0 radical (unpaired) electrons. The Labute approximate surface area is 183 Å². The van der Waals surface area contributed by atoms with Crippen molar-refractivity contribution in [3.8, 4) is 0 Å². The Balaban J connectivity index is 2.16. The van der Waals surface area contributed by atoms with E-state index in [2.05, 4.69) is 0 Å². The van der Waals surface area contributed by atoms with E-state index in [-0.39, 0.29) is 30.0 Å². The van der Waals surface area contributed by atoms with Gasteiger partial charge < -0.3 is 19.3 Å². The van der Waals surface area contributed by atoms with Gasteiger partial charge in [-0.1, -0.05) is 25.5 Å². The Bertz CT molecular complexity index is 894. The summed E-state index contributed by atoms with van der Waals surface area (Å²) in [5.74, 6) is -1.27. The first kappa shape index (κ1) is 23.3. The van der Waals surface area contributed by atoms with Crippen molar-refractivity contribution in [2.75, 3.05) is 0 Å². The second-order valence-corrected chi connectivity index (χ2v) is 9.44. The molecule has 3 aliphatic rings. The van der Waals surface area contributed by atoms with Crippen molar-refractivity contribution in [3.05, 3.63) is 34.6 Å². The molecular formula is C24H32O7. The van der Waals surface area contributed by atoms with Gasteiger partial charge in [0.15, 0.2) is 11.7 Å². The van der Waals surface area contributed by atoms with Gasteiger partial charge >= 0.3 is 17.9 Å². The molecule has 2 heterocycles. The summed E-state index contributed by atoms with van der Waals surface area (Å²) in [6.45, 7) is 10.8. The van der Waals surface area contributed by atoms with Crippen LogP contribution in [0.3, 0.4) is 0 Å². The average molecular weight is 433 g/mol. The summed E-state index contributed by atoms with van der Waals surface area (Å²) < 4.78 is 16.8. The number of allylic oxidation sites excluding steroid dienone is 2.